The zero-order valence-corrected chi connectivity index (χ0v) is 16.5. The van der Waals surface area contributed by atoms with Gasteiger partial charge in [0.1, 0.15) is 0 Å². The van der Waals surface area contributed by atoms with Crippen molar-refractivity contribution in [3.05, 3.63) is 70.2 Å². The van der Waals surface area contributed by atoms with Crippen LogP contribution in [0.5, 0.6) is 0 Å². The van der Waals surface area contributed by atoms with Crippen molar-refractivity contribution in [1.29, 1.82) is 0 Å². The fourth-order valence-corrected chi connectivity index (χ4v) is 3.75. The number of allylic oxidation sites excluding steroid dienone is 1. The maximum absolute atomic E-state index is 12.8. The number of carbonyl (C=O) groups is 1. The number of ketones is 1. The first-order valence-corrected chi connectivity index (χ1v) is 10.4. The molecule has 0 spiro atoms. The van der Waals surface area contributed by atoms with Crippen LogP contribution in [-0.2, 0) is 9.84 Å². The van der Waals surface area contributed by atoms with Crippen molar-refractivity contribution in [2.45, 2.75) is 9.79 Å². The van der Waals surface area contributed by atoms with Gasteiger partial charge in [-0.1, -0.05) is 23.4 Å². The summed E-state index contributed by atoms with van der Waals surface area (Å²) in [7, 11) is 0.383. The van der Waals surface area contributed by atoms with Crippen molar-refractivity contribution < 1.29 is 13.2 Å². The third-order valence-corrected chi connectivity index (χ3v) is 5.58. The maximum Gasteiger partial charge on any atom is 0.201 e. The molecule has 0 heterocycles. The van der Waals surface area contributed by atoms with Crippen LogP contribution in [0.2, 0.25) is 5.02 Å². The molecular formula is C18H18ClNO3S2. The monoisotopic (exact) mass is 395 g/mol. The molecule has 0 aromatic heterocycles. The number of rotatable bonds is 6. The van der Waals surface area contributed by atoms with Gasteiger partial charge >= 0.3 is 0 Å². The minimum atomic E-state index is -3.29. The molecule has 0 saturated carbocycles. The van der Waals surface area contributed by atoms with E-state index in [9.17, 15) is 13.2 Å². The Labute approximate surface area is 157 Å². The third kappa shape index (κ3) is 5.63. The van der Waals surface area contributed by atoms with E-state index in [1.807, 2.05) is 26.2 Å². The van der Waals surface area contributed by atoms with Gasteiger partial charge in [-0.25, -0.2) is 8.42 Å². The summed E-state index contributed by atoms with van der Waals surface area (Å²) in [5.41, 5.74) is 0.432. The molecule has 0 aliphatic carbocycles. The minimum absolute atomic E-state index is 0.172. The second-order valence-corrected chi connectivity index (χ2v) is 9.21. The highest BCUT2D eigenvalue weighted by Crippen LogP contribution is 2.30. The van der Waals surface area contributed by atoms with E-state index in [0.29, 0.717) is 15.5 Å². The molecule has 2 rings (SSSR count). The number of hydrogen-bond acceptors (Lipinski definition) is 5. The van der Waals surface area contributed by atoms with Crippen molar-refractivity contribution in [3.8, 4) is 0 Å². The molecule has 0 aliphatic heterocycles. The minimum Gasteiger partial charge on any atom is -0.382 e. The molecule has 0 radical (unpaired) electrons. The highest BCUT2D eigenvalue weighted by molar-refractivity contribution is 8.04. The molecule has 7 heteroatoms. The quantitative estimate of drug-likeness (QED) is 0.418. The topological polar surface area (TPSA) is 54.5 Å². The number of thioether (sulfide) groups is 1. The van der Waals surface area contributed by atoms with Gasteiger partial charge in [0.15, 0.2) is 9.84 Å². The fourth-order valence-electron chi connectivity index (χ4n) is 1.99. The summed E-state index contributed by atoms with van der Waals surface area (Å²) in [6.07, 6.45) is 2.88. The highest BCUT2D eigenvalue weighted by Gasteiger charge is 2.16. The molecule has 2 aromatic rings. The van der Waals surface area contributed by atoms with Gasteiger partial charge in [-0.2, -0.15) is 0 Å². The Kier molecular flexibility index (Phi) is 6.32. The summed E-state index contributed by atoms with van der Waals surface area (Å²) in [4.78, 5) is 16.2. The molecule has 4 nitrogen and oxygen atoms in total. The van der Waals surface area contributed by atoms with Gasteiger partial charge in [-0.3, -0.25) is 4.79 Å². The van der Waals surface area contributed by atoms with E-state index in [4.69, 9.17) is 11.6 Å². The van der Waals surface area contributed by atoms with E-state index in [-0.39, 0.29) is 10.7 Å². The SMILES string of the molecule is CN(C)/C=C(/Sc1ccc(Cl)cc1)C(=O)c1ccc(S(C)(=O)=O)cc1. The van der Waals surface area contributed by atoms with Crippen LogP contribution >= 0.6 is 23.4 Å². The van der Waals surface area contributed by atoms with Gasteiger partial charge in [-0.15, -0.1) is 0 Å². The molecule has 0 N–H and O–H groups in total. The molecule has 2 aromatic carbocycles. The highest BCUT2D eigenvalue weighted by atomic mass is 35.5. The molecule has 0 fully saturated rings. The lowest BCUT2D eigenvalue weighted by atomic mass is 10.1. The Hall–Kier alpha value is -1.76. The van der Waals surface area contributed by atoms with Gasteiger partial charge in [0.2, 0.25) is 5.78 Å². The average Bonchev–Trinajstić information content (AvgIpc) is 2.54. The van der Waals surface area contributed by atoms with E-state index in [0.717, 1.165) is 11.2 Å². The van der Waals surface area contributed by atoms with Crippen molar-refractivity contribution in [1.82, 2.24) is 4.90 Å². The number of carbonyl (C=O) groups excluding carboxylic acids is 1. The van der Waals surface area contributed by atoms with Gasteiger partial charge in [-0.05, 0) is 48.5 Å². The number of hydrogen-bond donors (Lipinski definition) is 0. The van der Waals surface area contributed by atoms with Crippen molar-refractivity contribution in [2.75, 3.05) is 20.4 Å². The Morgan fingerprint density at radius 1 is 1.04 bits per heavy atom. The Morgan fingerprint density at radius 3 is 2.08 bits per heavy atom. The Balaban J connectivity index is 2.31. The summed E-state index contributed by atoms with van der Waals surface area (Å²) in [6, 6.07) is 13.2. The molecule has 132 valence electrons. The van der Waals surface area contributed by atoms with Crippen LogP contribution in [0.15, 0.2) is 69.4 Å². The second-order valence-electron chi connectivity index (χ2n) is 5.64. The lowest BCUT2D eigenvalue weighted by Crippen LogP contribution is -2.08. The molecule has 25 heavy (non-hydrogen) atoms. The number of sulfone groups is 1. The van der Waals surface area contributed by atoms with E-state index in [2.05, 4.69) is 0 Å². The predicted octanol–water partition coefficient (Wildman–Crippen LogP) is 4.12. The number of nitrogens with zero attached hydrogens (tertiary/aromatic N) is 1. The van der Waals surface area contributed by atoms with E-state index in [1.54, 1.807) is 23.2 Å². The summed E-state index contributed by atoms with van der Waals surface area (Å²) in [5.74, 6) is -0.172. The second kappa shape index (κ2) is 8.08. The van der Waals surface area contributed by atoms with Gasteiger partial charge in [0.25, 0.3) is 0 Å². The molecule has 0 aliphatic rings. The number of halogens is 1. The fraction of sp³-hybridized carbons (Fsp3) is 0.167. The third-order valence-electron chi connectivity index (χ3n) is 3.19. The van der Waals surface area contributed by atoms with Gasteiger partial charge in [0, 0.05) is 42.0 Å². The zero-order valence-electron chi connectivity index (χ0n) is 14.1. The van der Waals surface area contributed by atoms with Gasteiger partial charge < -0.3 is 4.90 Å². The van der Waals surface area contributed by atoms with Crippen LogP contribution in [0, 0.1) is 0 Å². The number of benzene rings is 2. The van der Waals surface area contributed by atoms with Crippen LogP contribution in [0.25, 0.3) is 0 Å². The smallest absolute Gasteiger partial charge is 0.201 e. The van der Waals surface area contributed by atoms with Crippen LogP contribution in [0.3, 0.4) is 0 Å². The van der Waals surface area contributed by atoms with Crippen LogP contribution in [-0.4, -0.2) is 39.5 Å². The maximum atomic E-state index is 12.8. The summed E-state index contributed by atoms with van der Waals surface area (Å²) >= 11 is 7.23. The largest absolute Gasteiger partial charge is 0.382 e. The van der Waals surface area contributed by atoms with Crippen LogP contribution in [0.1, 0.15) is 10.4 Å². The Morgan fingerprint density at radius 2 is 1.60 bits per heavy atom. The lowest BCUT2D eigenvalue weighted by molar-refractivity contribution is 0.104. The van der Waals surface area contributed by atoms with Crippen molar-refractivity contribution >= 4 is 39.0 Å². The summed E-state index contributed by atoms with van der Waals surface area (Å²) < 4.78 is 23.1. The lowest BCUT2D eigenvalue weighted by Gasteiger charge is -2.11. The summed E-state index contributed by atoms with van der Waals surface area (Å²) in [5, 5.41) is 0.630. The van der Waals surface area contributed by atoms with Crippen molar-refractivity contribution in [2.24, 2.45) is 0 Å². The first-order chi connectivity index (χ1) is 11.7. The molecule has 0 amide bonds. The molecule has 0 bridgehead atoms. The number of Topliss-reactive ketones (excluding diaryl/α,β-unsaturated/α-hetero) is 1. The first-order valence-electron chi connectivity index (χ1n) is 7.33. The first kappa shape index (κ1) is 19.6. The molecular weight excluding hydrogens is 378 g/mol. The standard InChI is InChI=1S/C18H18ClNO3S2/c1-20(2)12-17(24-15-8-6-14(19)7-9-15)18(21)13-4-10-16(11-5-13)25(3,22)23/h4-12H,1-3H3/b17-12+. The average molecular weight is 396 g/mol. The van der Waals surface area contributed by atoms with E-state index in [1.165, 1.54) is 36.0 Å². The molecule has 0 saturated heterocycles. The van der Waals surface area contributed by atoms with Crippen LogP contribution < -0.4 is 0 Å². The normalized spacial score (nSPS) is 12.1. The summed E-state index contributed by atoms with van der Waals surface area (Å²) in [6.45, 7) is 0. The van der Waals surface area contributed by atoms with Gasteiger partial charge in [0.05, 0.1) is 9.80 Å². The zero-order chi connectivity index (χ0) is 18.6. The Bertz CT molecular complexity index is 887. The molecule has 0 atom stereocenters. The van der Waals surface area contributed by atoms with Crippen LogP contribution in [0.4, 0.5) is 0 Å². The van der Waals surface area contributed by atoms with Crippen molar-refractivity contribution in [3.63, 3.8) is 0 Å². The van der Waals surface area contributed by atoms with E-state index >= 15 is 0 Å². The molecule has 0 unspecified atom stereocenters. The predicted molar refractivity (Wildman–Crippen MR) is 103 cm³/mol. The van der Waals surface area contributed by atoms with E-state index < -0.39 is 9.84 Å².